The summed E-state index contributed by atoms with van der Waals surface area (Å²) in [5.74, 6) is -2.35. The first kappa shape index (κ1) is 14.3. The molecule has 19 heavy (non-hydrogen) atoms. The van der Waals surface area contributed by atoms with Crippen LogP contribution >= 0.6 is 31.9 Å². The average Bonchev–Trinajstić information content (AvgIpc) is 2.34. The van der Waals surface area contributed by atoms with Gasteiger partial charge in [0.05, 0.1) is 0 Å². The van der Waals surface area contributed by atoms with Crippen LogP contribution in [0, 0.1) is 11.6 Å². The summed E-state index contributed by atoms with van der Waals surface area (Å²) in [7, 11) is 0. The molecule has 0 N–H and O–H groups in total. The third kappa shape index (κ3) is 3.25. The first-order valence-corrected chi connectivity index (χ1v) is 6.85. The van der Waals surface area contributed by atoms with Crippen molar-refractivity contribution in [1.29, 1.82) is 0 Å². The highest BCUT2D eigenvalue weighted by Gasteiger charge is 2.16. The molecule has 2 aromatic rings. The Morgan fingerprint density at radius 2 is 2.00 bits per heavy atom. The maximum Gasteiger partial charge on any atom is 0.186 e. The van der Waals surface area contributed by atoms with E-state index in [1.165, 1.54) is 18.3 Å². The number of hydrogen-bond acceptors (Lipinski definition) is 2. The molecule has 0 aliphatic rings. The summed E-state index contributed by atoms with van der Waals surface area (Å²) >= 11 is 6.43. The number of carbonyl (C=O) groups excluding carboxylic acids is 1. The van der Waals surface area contributed by atoms with Crippen molar-refractivity contribution in [2.24, 2.45) is 0 Å². The molecule has 0 amide bonds. The number of aromatic nitrogens is 1. The smallest absolute Gasteiger partial charge is 0.186 e. The number of halogens is 4. The molecule has 0 saturated carbocycles. The van der Waals surface area contributed by atoms with Crippen LogP contribution in [-0.2, 0) is 6.42 Å². The normalized spacial score (nSPS) is 10.5. The summed E-state index contributed by atoms with van der Waals surface area (Å²) in [6, 6.07) is 5.42. The minimum absolute atomic E-state index is 0.0154. The fourth-order valence-electron chi connectivity index (χ4n) is 1.56. The van der Waals surface area contributed by atoms with Crippen LogP contribution in [0.25, 0.3) is 0 Å². The third-order valence-electron chi connectivity index (χ3n) is 2.45. The highest BCUT2D eigenvalue weighted by atomic mass is 79.9. The van der Waals surface area contributed by atoms with E-state index in [4.69, 9.17) is 0 Å². The van der Waals surface area contributed by atoms with Crippen molar-refractivity contribution >= 4 is 37.6 Å². The molecule has 0 aliphatic heterocycles. The molecule has 0 unspecified atom stereocenters. The van der Waals surface area contributed by atoms with E-state index in [0.29, 0.717) is 8.95 Å². The van der Waals surface area contributed by atoms with Gasteiger partial charge in [0.1, 0.15) is 5.69 Å². The van der Waals surface area contributed by atoms with Gasteiger partial charge in [-0.1, -0.05) is 12.1 Å². The van der Waals surface area contributed by atoms with Gasteiger partial charge in [-0.15, -0.1) is 0 Å². The molecule has 1 aromatic carbocycles. The number of carbonyl (C=O) groups is 1. The molecule has 0 aliphatic carbocycles. The lowest BCUT2D eigenvalue weighted by atomic mass is 10.1. The summed E-state index contributed by atoms with van der Waals surface area (Å²) in [5.41, 5.74) is 0.202. The van der Waals surface area contributed by atoms with Gasteiger partial charge >= 0.3 is 0 Å². The second-order valence-corrected chi connectivity index (χ2v) is 5.57. The Morgan fingerprint density at radius 1 is 1.26 bits per heavy atom. The predicted octanol–water partition coefficient (Wildman–Crippen LogP) is 4.31. The van der Waals surface area contributed by atoms with E-state index in [1.807, 2.05) is 0 Å². The molecule has 2 rings (SSSR count). The first-order chi connectivity index (χ1) is 8.99. The van der Waals surface area contributed by atoms with Crippen molar-refractivity contribution in [2.45, 2.75) is 6.42 Å². The zero-order valence-corrected chi connectivity index (χ0v) is 12.6. The standard InChI is InChI=1S/C13H7Br2F2NO/c14-8-5-9(15)13(18-6-8)11(19)4-7-2-1-3-10(16)12(7)17/h1-3,5-6H,4H2. The fraction of sp³-hybridized carbons (Fsp3) is 0.0769. The Morgan fingerprint density at radius 3 is 2.68 bits per heavy atom. The van der Waals surface area contributed by atoms with E-state index >= 15 is 0 Å². The maximum absolute atomic E-state index is 13.5. The summed E-state index contributed by atoms with van der Waals surface area (Å²) < 4.78 is 27.7. The van der Waals surface area contributed by atoms with Gasteiger partial charge in [-0.2, -0.15) is 0 Å². The summed E-state index contributed by atoms with van der Waals surface area (Å²) in [4.78, 5) is 16.0. The second-order valence-electron chi connectivity index (χ2n) is 3.80. The van der Waals surface area contributed by atoms with Crippen molar-refractivity contribution in [2.75, 3.05) is 0 Å². The van der Waals surface area contributed by atoms with Crippen LogP contribution in [0.15, 0.2) is 39.4 Å². The number of pyridine rings is 1. The van der Waals surface area contributed by atoms with Crippen LogP contribution in [0.5, 0.6) is 0 Å². The number of hydrogen-bond donors (Lipinski definition) is 0. The van der Waals surface area contributed by atoms with Crippen molar-refractivity contribution in [1.82, 2.24) is 4.98 Å². The molecule has 0 spiro atoms. The second kappa shape index (κ2) is 5.88. The number of ketones is 1. The molecular weight excluding hydrogens is 384 g/mol. The van der Waals surface area contributed by atoms with Gasteiger partial charge in [-0.3, -0.25) is 9.78 Å². The van der Waals surface area contributed by atoms with Gasteiger partial charge in [0.15, 0.2) is 17.4 Å². The Kier molecular flexibility index (Phi) is 4.42. The van der Waals surface area contributed by atoms with Gasteiger partial charge in [-0.05, 0) is 49.6 Å². The zero-order chi connectivity index (χ0) is 14.0. The van der Waals surface area contributed by atoms with E-state index in [0.717, 1.165) is 6.07 Å². The molecule has 0 atom stereocenters. The number of Topliss-reactive ketones (excluding diaryl/α,β-unsaturated/α-hetero) is 1. The average molecular weight is 391 g/mol. The van der Waals surface area contributed by atoms with E-state index in [1.54, 1.807) is 6.07 Å². The lowest BCUT2D eigenvalue weighted by molar-refractivity contribution is 0.0986. The van der Waals surface area contributed by atoms with Gasteiger partial charge in [0.2, 0.25) is 0 Å². The molecule has 0 fully saturated rings. The zero-order valence-electron chi connectivity index (χ0n) is 9.46. The Bertz CT molecular complexity index is 647. The highest BCUT2D eigenvalue weighted by molar-refractivity contribution is 9.11. The van der Waals surface area contributed by atoms with Crippen molar-refractivity contribution < 1.29 is 13.6 Å². The molecule has 6 heteroatoms. The molecule has 2 nitrogen and oxygen atoms in total. The quantitative estimate of drug-likeness (QED) is 0.731. The van der Waals surface area contributed by atoms with Crippen LogP contribution < -0.4 is 0 Å². The van der Waals surface area contributed by atoms with Crippen LogP contribution in [0.3, 0.4) is 0 Å². The largest absolute Gasteiger partial charge is 0.292 e. The van der Waals surface area contributed by atoms with E-state index in [9.17, 15) is 13.6 Å². The highest BCUT2D eigenvalue weighted by Crippen LogP contribution is 2.21. The van der Waals surface area contributed by atoms with E-state index in [-0.39, 0.29) is 23.5 Å². The van der Waals surface area contributed by atoms with E-state index < -0.39 is 11.6 Å². The first-order valence-electron chi connectivity index (χ1n) is 5.26. The Labute approximate surface area is 125 Å². The molecule has 1 heterocycles. The third-order valence-corrected chi connectivity index (χ3v) is 3.49. The van der Waals surface area contributed by atoms with Crippen LogP contribution in [-0.4, -0.2) is 10.8 Å². The lowest BCUT2D eigenvalue weighted by Gasteiger charge is -2.05. The van der Waals surface area contributed by atoms with Gasteiger partial charge < -0.3 is 0 Å². The molecule has 0 bridgehead atoms. The van der Waals surface area contributed by atoms with Crippen LogP contribution in [0.4, 0.5) is 8.78 Å². The van der Waals surface area contributed by atoms with Crippen molar-refractivity contribution in [3.63, 3.8) is 0 Å². The minimum Gasteiger partial charge on any atom is -0.292 e. The number of nitrogens with zero attached hydrogens (tertiary/aromatic N) is 1. The fourth-order valence-corrected chi connectivity index (χ4v) is 2.77. The number of rotatable bonds is 3. The van der Waals surface area contributed by atoms with Crippen LogP contribution in [0.1, 0.15) is 16.1 Å². The SMILES string of the molecule is O=C(Cc1cccc(F)c1F)c1ncc(Br)cc1Br. The minimum atomic E-state index is -0.996. The van der Waals surface area contributed by atoms with Gasteiger partial charge in [-0.25, -0.2) is 8.78 Å². The molecular formula is C13H7Br2F2NO. The van der Waals surface area contributed by atoms with Gasteiger partial charge in [0.25, 0.3) is 0 Å². The van der Waals surface area contributed by atoms with Crippen molar-refractivity contribution in [3.05, 3.63) is 62.3 Å². The lowest BCUT2D eigenvalue weighted by Crippen LogP contribution is -2.09. The maximum atomic E-state index is 13.5. The van der Waals surface area contributed by atoms with Crippen molar-refractivity contribution in [3.8, 4) is 0 Å². The Balaban J connectivity index is 2.28. The summed E-state index contributed by atoms with van der Waals surface area (Å²) in [5, 5.41) is 0. The summed E-state index contributed by atoms with van der Waals surface area (Å²) in [6.07, 6.45) is 1.23. The van der Waals surface area contributed by atoms with Crippen LogP contribution in [0.2, 0.25) is 0 Å². The van der Waals surface area contributed by atoms with E-state index in [2.05, 4.69) is 36.8 Å². The summed E-state index contributed by atoms with van der Waals surface area (Å²) in [6.45, 7) is 0. The molecule has 98 valence electrons. The molecule has 0 saturated heterocycles. The topological polar surface area (TPSA) is 30.0 Å². The Hall–Kier alpha value is -1.14. The monoisotopic (exact) mass is 389 g/mol. The predicted molar refractivity (Wildman–Crippen MR) is 74.0 cm³/mol. The number of benzene rings is 1. The molecule has 0 radical (unpaired) electrons. The molecule has 1 aromatic heterocycles. The van der Waals surface area contributed by atoms with Gasteiger partial charge in [0, 0.05) is 21.6 Å².